The number of aliphatic hydroxyl groups is 1. The van der Waals surface area contributed by atoms with Crippen LogP contribution < -0.4 is 11.3 Å². The number of aryl methyl sites for hydroxylation is 2. The quantitative estimate of drug-likeness (QED) is 0.581. The Morgan fingerprint density at radius 1 is 1.45 bits per heavy atom. The molecule has 20 heavy (non-hydrogen) atoms. The van der Waals surface area contributed by atoms with E-state index in [-0.39, 0.29) is 6.10 Å². The molecule has 3 heterocycles. The number of anilines is 1. The Hall–Kier alpha value is -1.28. The van der Waals surface area contributed by atoms with E-state index < -0.39 is 0 Å². The molecule has 108 valence electrons. The monoisotopic (exact) mass is 293 g/mol. The van der Waals surface area contributed by atoms with Crippen molar-refractivity contribution in [3.05, 3.63) is 16.3 Å². The number of nitrogen functional groups attached to an aromatic ring is 1. The van der Waals surface area contributed by atoms with Gasteiger partial charge in [-0.2, -0.15) is 0 Å². The maximum atomic E-state index is 9.58. The Bertz CT molecular complexity index is 641. The van der Waals surface area contributed by atoms with Crippen LogP contribution in [0, 0.1) is 13.8 Å². The predicted octanol–water partition coefficient (Wildman–Crippen LogP) is 1.16. The summed E-state index contributed by atoms with van der Waals surface area (Å²) in [5.41, 5.74) is 3.87. The lowest BCUT2D eigenvalue weighted by molar-refractivity contribution is 0.174. The van der Waals surface area contributed by atoms with Crippen LogP contribution in [0.25, 0.3) is 10.2 Å². The minimum absolute atomic E-state index is 0.225. The molecule has 4 N–H and O–H groups in total. The van der Waals surface area contributed by atoms with Gasteiger partial charge in [-0.15, -0.1) is 11.3 Å². The predicted molar refractivity (Wildman–Crippen MR) is 80.6 cm³/mol. The van der Waals surface area contributed by atoms with Gasteiger partial charge in [0.15, 0.2) is 5.82 Å². The number of nitrogens with zero attached hydrogens (tertiary/aromatic N) is 3. The highest BCUT2D eigenvalue weighted by molar-refractivity contribution is 7.18. The minimum Gasteiger partial charge on any atom is -0.392 e. The van der Waals surface area contributed by atoms with Crippen LogP contribution in [-0.4, -0.2) is 39.2 Å². The normalized spacial score (nSPS) is 19.9. The van der Waals surface area contributed by atoms with Crippen molar-refractivity contribution in [3.63, 3.8) is 0 Å². The molecule has 7 heteroatoms. The number of hydrogen-bond donors (Lipinski definition) is 3. The van der Waals surface area contributed by atoms with Gasteiger partial charge >= 0.3 is 0 Å². The molecule has 2 aromatic heterocycles. The van der Waals surface area contributed by atoms with Crippen molar-refractivity contribution < 1.29 is 5.11 Å². The number of rotatable bonds is 3. The van der Waals surface area contributed by atoms with Gasteiger partial charge in [0.2, 0.25) is 0 Å². The molecule has 2 aromatic rings. The fraction of sp³-hybridized carbons (Fsp3) is 0.538. The van der Waals surface area contributed by atoms with E-state index in [0.717, 1.165) is 29.0 Å². The van der Waals surface area contributed by atoms with E-state index in [2.05, 4.69) is 34.1 Å². The molecule has 3 rings (SSSR count). The molecule has 1 fully saturated rings. The van der Waals surface area contributed by atoms with E-state index in [4.69, 9.17) is 5.84 Å². The highest BCUT2D eigenvalue weighted by atomic mass is 32.1. The largest absolute Gasteiger partial charge is 0.392 e. The molecular weight excluding hydrogens is 274 g/mol. The van der Waals surface area contributed by atoms with E-state index in [1.54, 1.807) is 11.3 Å². The van der Waals surface area contributed by atoms with E-state index >= 15 is 0 Å². The number of fused-ring (bicyclic) bond motifs is 1. The van der Waals surface area contributed by atoms with Gasteiger partial charge in [-0.1, -0.05) is 0 Å². The highest BCUT2D eigenvalue weighted by Crippen LogP contribution is 2.33. The lowest BCUT2D eigenvalue weighted by atomic mass is 10.2. The summed E-state index contributed by atoms with van der Waals surface area (Å²) in [5, 5.41) is 10.6. The van der Waals surface area contributed by atoms with Gasteiger partial charge in [-0.3, -0.25) is 4.90 Å². The van der Waals surface area contributed by atoms with Crippen molar-refractivity contribution in [2.75, 3.05) is 18.5 Å². The Balaban J connectivity index is 1.96. The molecule has 0 spiro atoms. The summed E-state index contributed by atoms with van der Waals surface area (Å²) in [4.78, 5) is 13.5. The molecule has 1 saturated heterocycles. The molecule has 0 radical (unpaired) electrons. The number of nitrogens with two attached hydrogens (primary N) is 1. The lowest BCUT2D eigenvalue weighted by Gasteiger charge is -2.14. The van der Waals surface area contributed by atoms with Gasteiger partial charge in [0.25, 0.3) is 0 Å². The molecule has 1 atom stereocenters. The molecule has 6 nitrogen and oxygen atoms in total. The first kappa shape index (κ1) is 13.7. The number of likely N-dealkylation sites (tertiary alicyclic amines) is 1. The third-order valence-corrected chi connectivity index (χ3v) is 4.93. The fourth-order valence-corrected chi connectivity index (χ4v) is 3.67. The first-order valence-electron chi connectivity index (χ1n) is 6.72. The zero-order valence-electron chi connectivity index (χ0n) is 11.7. The lowest BCUT2D eigenvalue weighted by Crippen LogP contribution is -2.23. The molecule has 1 aliphatic rings. The van der Waals surface area contributed by atoms with Gasteiger partial charge < -0.3 is 10.5 Å². The second kappa shape index (κ2) is 5.25. The number of β-amino-alcohol motifs (C(OH)–C–C–N with tert-alkyl or cyclic N) is 1. The summed E-state index contributed by atoms with van der Waals surface area (Å²) in [6.45, 7) is 6.37. The molecule has 0 aromatic carbocycles. The third-order valence-electron chi connectivity index (χ3n) is 3.82. The summed E-state index contributed by atoms with van der Waals surface area (Å²) < 4.78 is 0. The Kier molecular flexibility index (Phi) is 3.59. The van der Waals surface area contributed by atoms with E-state index in [1.165, 1.54) is 10.4 Å². The van der Waals surface area contributed by atoms with Gasteiger partial charge in [0.1, 0.15) is 10.7 Å². The summed E-state index contributed by atoms with van der Waals surface area (Å²) >= 11 is 1.67. The molecule has 1 unspecified atom stereocenters. The first-order valence-corrected chi connectivity index (χ1v) is 7.53. The number of thiophene rings is 1. The summed E-state index contributed by atoms with van der Waals surface area (Å²) in [5.74, 6) is 7.04. The molecule has 1 aliphatic heterocycles. The van der Waals surface area contributed by atoms with Gasteiger partial charge in [-0.25, -0.2) is 15.8 Å². The SMILES string of the molecule is Cc1sc2nc(CN3CCC(O)C3)nc(NN)c2c1C. The van der Waals surface area contributed by atoms with Crippen molar-refractivity contribution in [3.8, 4) is 0 Å². The summed E-state index contributed by atoms with van der Waals surface area (Å²) in [6.07, 6.45) is 0.596. The second-order valence-corrected chi connectivity index (χ2v) is 6.48. The first-order chi connectivity index (χ1) is 9.58. The topological polar surface area (TPSA) is 87.3 Å². The smallest absolute Gasteiger partial charge is 0.152 e. The number of hydrazine groups is 1. The van der Waals surface area contributed by atoms with Crippen LogP contribution in [0.5, 0.6) is 0 Å². The summed E-state index contributed by atoms with van der Waals surface area (Å²) in [6, 6.07) is 0. The summed E-state index contributed by atoms with van der Waals surface area (Å²) in [7, 11) is 0. The average Bonchev–Trinajstić information content (AvgIpc) is 2.94. The standard InChI is InChI=1S/C13H19N5OS/c1-7-8(2)20-13-11(7)12(17-14)15-10(16-13)6-18-4-3-9(19)5-18/h9,19H,3-6,14H2,1-2H3,(H,15,16,17). The van der Waals surface area contributed by atoms with Crippen molar-refractivity contribution >= 4 is 27.4 Å². The average molecular weight is 293 g/mol. The molecule has 0 bridgehead atoms. The Morgan fingerprint density at radius 3 is 2.90 bits per heavy atom. The molecule has 0 saturated carbocycles. The third kappa shape index (κ3) is 2.37. The minimum atomic E-state index is -0.225. The van der Waals surface area contributed by atoms with Crippen LogP contribution >= 0.6 is 11.3 Å². The number of nitrogens with one attached hydrogen (secondary N) is 1. The van der Waals surface area contributed by atoms with Gasteiger partial charge in [-0.05, 0) is 25.8 Å². The van der Waals surface area contributed by atoms with Crippen LogP contribution in [0.1, 0.15) is 22.7 Å². The fourth-order valence-electron chi connectivity index (χ4n) is 2.62. The number of hydrogen-bond acceptors (Lipinski definition) is 7. The van der Waals surface area contributed by atoms with Crippen LogP contribution in [-0.2, 0) is 6.54 Å². The van der Waals surface area contributed by atoms with Crippen molar-refractivity contribution in [1.82, 2.24) is 14.9 Å². The zero-order valence-corrected chi connectivity index (χ0v) is 12.5. The van der Waals surface area contributed by atoms with E-state index in [9.17, 15) is 5.11 Å². The molecule has 0 aliphatic carbocycles. The van der Waals surface area contributed by atoms with E-state index in [1.807, 2.05) is 0 Å². The van der Waals surface area contributed by atoms with Crippen LogP contribution in [0.4, 0.5) is 5.82 Å². The van der Waals surface area contributed by atoms with Crippen molar-refractivity contribution in [2.24, 2.45) is 5.84 Å². The van der Waals surface area contributed by atoms with Crippen LogP contribution in [0.15, 0.2) is 0 Å². The molecule has 0 amide bonds. The van der Waals surface area contributed by atoms with Crippen LogP contribution in [0.2, 0.25) is 0 Å². The van der Waals surface area contributed by atoms with Gasteiger partial charge in [0.05, 0.1) is 18.0 Å². The van der Waals surface area contributed by atoms with Crippen LogP contribution in [0.3, 0.4) is 0 Å². The second-order valence-electron chi connectivity index (χ2n) is 5.27. The maximum absolute atomic E-state index is 9.58. The van der Waals surface area contributed by atoms with E-state index in [0.29, 0.717) is 18.9 Å². The zero-order chi connectivity index (χ0) is 14.3. The highest BCUT2D eigenvalue weighted by Gasteiger charge is 2.22. The maximum Gasteiger partial charge on any atom is 0.152 e. The Labute approximate surface area is 121 Å². The van der Waals surface area contributed by atoms with Crippen molar-refractivity contribution in [1.29, 1.82) is 0 Å². The van der Waals surface area contributed by atoms with Crippen molar-refractivity contribution in [2.45, 2.75) is 32.9 Å². The molecular formula is C13H19N5OS. The Morgan fingerprint density at radius 2 is 2.25 bits per heavy atom. The van der Waals surface area contributed by atoms with Gasteiger partial charge in [0, 0.05) is 18.0 Å². The number of aromatic nitrogens is 2. The number of aliphatic hydroxyl groups excluding tert-OH is 1.